The first-order valence-corrected chi connectivity index (χ1v) is 8.99. The molecule has 0 amide bonds. The minimum absolute atomic E-state index is 0.161. The molecule has 1 aromatic rings. The summed E-state index contributed by atoms with van der Waals surface area (Å²) >= 11 is 1.81. The van der Waals surface area contributed by atoms with Gasteiger partial charge in [-0.1, -0.05) is 6.42 Å². The van der Waals surface area contributed by atoms with Gasteiger partial charge in [-0.15, -0.1) is 11.8 Å². The molecule has 0 spiro atoms. The molecule has 1 aromatic carbocycles. The van der Waals surface area contributed by atoms with Gasteiger partial charge in [0.25, 0.3) is 0 Å². The van der Waals surface area contributed by atoms with Gasteiger partial charge >= 0.3 is 0 Å². The highest BCUT2D eigenvalue weighted by Gasteiger charge is 2.18. The van der Waals surface area contributed by atoms with Crippen LogP contribution in [0.1, 0.15) is 33.1 Å². The minimum Gasteiger partial charge on any atom is -0.313 e. The maximum Gasteiger partial charge on any atom is 0.123 e. The first kappa shape index (κ1) is 16.8. The number of halogens is 1. The van der Waals surface area contributed by atoms with E-state index in [0.29, 0.717) is 12.1 Å². The Balaban J connectivity index is 1.75. The van der Waals surface area contributed by atoms with Gasteiger partial charge in [0.2, 0.25) is 0 Å². The second-order valence-corrected chi connectivity index (χ2v) is 7.21. The molecule has 1 saturated heterocycles. The lowest BCUT2D eigenvalue weighted by atomic mass is 10.0. The molecule has 1 N–H and O–H groups in total. The van der Waals surface area contributed by atoms with E-state index in [2.05, 4.69) is 24.1 Å². The number of piperidine rings is 1. The Morgan fingerprint density at radius 1 is 1.29 bits per heavy atom. The van der Waals surface area contributed by atoms with Crippen molar-refractivity contribution in [1.29, 1.82) is 0 Å². The lowest BCUT2D eigenvalue weighted by Gasteiger charge is -2.33. The van der Waals surface area contributed by atoms with Crippen LogP contribution in [0.5, 0.6) is 0 Å². The standard InChI is InChI=1S/C17H27FN2S/c1-14(2)20(13-16-5-3-4-10-19-16)11-12-21-17-8-6-15(18)7-9-17/h6-9,14,16,19H,3-5,10-13H2,1-2H3. The third-order valence-electron chi connectivity index (χ3n) is 4.06. The summed E-state index contributed by atoms with van der Waals surface area (Å²) in [6.07, 6.45) is 3.97. The predicted molar refractivity (Wildman–Crippen MR) is 89.5 cm³/mol. The van der Waals surface area contributed by atoms with Crippen molar-refractivity contribution in [1.82, 2.24) is 10.2 Å². The molecule has 1 aliphatic rings. The summed E-state index contributed by atoms with van der Waals surface area (Å²) in [4.78, 5) is 3.70. The molecule has 0 radical (unpaired) electrons. The molecule has 118 valence electrons. The Morgan fingerprint density at radius 2 is 2.05 bits per heavy atom. The van der Waals surface area contributed by atoms with Crippen LogP contribution < -0.4 is 5.32 Å². The topological polar surface area (TPSA) is 15.3 Å². The average Bonchev–Trinajstić information content (AvgIpc) is 2.49. The van der Waals surface area contributed by atoms with E-state index in [1.165, 1.54) is 37.9 Å². The number of benzene rings is 1. The molecule has 1 unspecified atom stereocenters. The average molecular weight is 310 g/mol. The summed E-state index contributed by atoms with van der Waals surface area (Å²) in [6.45, 7) is 7.93. The summed E-state index contributed by atoms with van der Waals surface area (Å²) in [5.74, 6) is 0.891. The van der Waals surface area contributed by atoms with E-state index in [0.717, 1.165) is 23.7 Å². The van der Waals surface area contributed by atoms with Gasteiger partial charge in [0.15, 0.2) is 0 Å². The van der Waals surface area contributed by atoms with Gasteiger partial charge in [-0.3, -0.25) is 4.90 Å². The Morgan fingerprint density at radius 3 is 2.67 bits per heavy atom. The van der Waals surface area contributed by atoms with Crippen LogP contribution in [0.2, 0.25) is 0 Å². The zero-order valence-electron chi connectivity index (χ0n) is 13.1. The summed E-state index contributed by atoms with van der Waals surface area (Å²) in [5.41, 5.74) is 0. The SMILES string of the molecule is CC(C)N(CCSc1ccc(F)cc1)CC1CCCCN1. The molecule has 1 fully saturated rings. The van der Waals surface area contributed by atoms with Crippen molar-refractivity contribution in [3.8, 4) is 0 Å². The van der Waals surface area contributed by atoms with E-state index in [-0.39, 0.29) is 5.82 Å². The van der Waals surface area contributed by atoms with Crippen molar-refractivity contribution in [2.45, 2.75) is 50.1 Å². The minimum atomic E-state index is -0.161. The fraction of sp³-hybridized carbons (Fsp3) is 0.647. The summed E-state index contributed by atoms with van der Waals surface area (Å²) in [5, 5.41) is 3.63. The lowest BCUT2D eigenvalue weighted by molar-refractivity contribution is 0.195. The van der Waals surface area contributed by atoms with Crippen LogP contribution in [-0.2, 0) is 0 Å². The third-order valence-corrected chi connectivity index (χ3v) is 5.05. The zero-order valence-corrected chi connectivity index (χ0v) is 14.0. The molecule has 1 atom stereocenters. The van der Waals surface area contributed by atoms with Crippen LogP contribution >= 0.6 is 11.8 Å². The van der Waals surface area contributed by atoms with E-state index in [4.69, 9.17) is 0 Å². The molecule has 21 heavy (non-hydrogen) atoms. The van der Waals surface area contributed by atoms with Crippen molar-refractivity contribution in [3.05, 3.63) is 30.1 Å². The van der Waals surface area contributed by atoms with Crippen LogP contribution in [0.15, 0.2) is 29.2 Å². The quantitative estimate of drug-likeness (QED) is 0.772. The first-order chi connectivity index (χ1) is 10.1. The third kappa shape index (κ3) is 5.97. The number of hydrogen-bond acceptors (Lipinski definition) is 3. The smallest absolute Gasteiger partial charge is 0.123 e. The second-order valence-electron chi connectivity index (χ2n) is 6.04. The maximum atomic E-state index is 12.9. The van der Waals surface area contributed by atoms with Gasteiger partial charge in [0, 0.05) is 35.8 Å². The highest BCUT2D eigenvalue weighted by atomic mass is 32.2. The normalized spacial score (nSPS) is 19.4. The summed E-state index contributed by atoms with van der Waals surface area (Å²) in [6, 6.07) is 8.02. The van der Waals surface area contributed by atoms with Gasteiger partial charge in [0.1, 0.15) is 5.82 Å². The Kier molecular flexibility index (Phi) is 7.00. The van der Waals surface area contributed by atoms with Crippen molar-refractivity contribution in [2.24, 2.45) is 0 Å². The number of nitrogens with zero attached hydrogens (tertiary/aromatic N) is 1. The molecule has 4 heteroatoms. The van der Waals surface area contributed by atoms with Crippen LogP contribution in [0.25, 0.3) is 0 Å². The number of hydrogen-bond donors (Lipinski definition) is 1. The monoisotopic (exact) mass is 310 g/mol. The second kappa shape index (κ2) is 8.76. The van der Waals surface area contributed by atoms with E-state index in [1.54, 1.807) is 0 Å². The molecule has 0 aliphatic carbocycles. The molecular weight excluding hydrogens is 283 g/mol. The summed E-state index contributed by atoms with van der Waals surface area (Å²) in [7, 11) is 0. The number of rotatable bonds is 7. The Labute approximate surface area is 132 Å². The first-order valence-electron chi connectivity index (χ1n) is 8.01. The van der Waals surface area contributed by atoms with Gasteiger partial charge in [-0.05, 0) is 57.5 Å². The van der Waals surface area contributed by atoms with E-state index < -0.39 is 0 Å². The highest BCUT2D eigenvalue weighted by molar-refractivity contribution is 7.99. The van der Waals surface area contributed by atoms with E-state index in [9.17, 15) is 4.39 Å². The zero-order chi connectivity index (χ0) is 15.1. The predicted octanol–water partition coefficient (Wildman–Crippen LogP) is 3.77. The molecule has 0 saturated carbocycles. The van der Waals surface area contributed by atoms with Crippen molar-refractivity contribution in [3.63, 3.8) is 0 Å². The van der Waals surface area contributed by atoms with Crippen LogP contribution in [0.3, 0.4) is 0 Å². The Bertz CT molecular complexity index is 402. The Hall–Kier alpha value is -0.580. The van der Waals surface area contributed by atoms with Crippen molar-refractivity contribution in [2.75, 3.05) is 25.4 Å². The molecule has 2 rings (SSSR count). The molecule has 2 nitrogen and oxygen atoms in total. The maximum absolute atomic E-state index is 12.9. The van der Waals surface area contributed by atoms with E-state index in [1.807, 2.05) is 23.9 Å². The molecule has 0 bridgehead atoms. The highest BCUT2D eigenvalue weighted by Crippen LogP contribution is 2.19. The number of nitrogens with one attached hydrogen (secondary N) is 1. The lowest BCUT2D eigenvalue weighted by Crippen LogP contribution is -2.46. The van der Waals surface area contributed by atoms with Crippen LogP contribution in [0, 0.1) is 5.82 Å². The van der Waals surface area contributed by atoms with Gasteiger partial charge < -0.3 is 5.32 Å². The fourth-order valence-corrected chi connectivity index (χ4v) is 3.62. The number of thioether (sulfide) groups is 1. The van der Waals surface area contributed by atoms with E-state index >= 15 is 0 Å². The van der Waals surface area contributed by atoms with Crippen molar-refractivity contribution >= 4 is 11.8 Å². The summed E-state index contributed by atoms with van der Waals surface area (Å²) < 4.78 is 12.9. The largest absolute Gasteiger partial charge is 0.313 e. The fourth-order valence-electron chi connectivity index (χ4n) is 2.73. The van der Waals surface area contributed by atoms with Crippen molar-refractivity contribution < 1.29 is 4.39 Å². The van der Waals surface area contributed by atoms with Crippen LogP contribution in [-0.4, -0.2) is 42.4 Å². The van der Waals surface area contributed by atoms with Crippen LogP contribution in [0.4, 0.5) is 4.39 Å². The molecular formula is C17H27FN2S. The molecule has 1 aliphatic heterocycles. The molecule has 0 aromatic heterocycles. The van der Waals surface area contributed by atoms with Gasteiger partial charge in [-0.2, -0.15) is 0 Å². The van der Waals surface area contributed by atoms with Gasteiger partial charge in [0.05, 0.1) is 0 Å². The molecule has 1 heterocycles. The van der Waals surface area contributed by atoms with Gasteiger partial charge in [-0.25, -0.2) is 4.39 Å².